The summed E-state index contributed by atoms with van der Waals surface area (Å²) in [6, 6.07) is 4.52. The van der Waals surface area contributed by atoms with Gasteiger partial charge in [-0.1, -0.05) is 0 Å². The average molecular weight is 368 g/mol. The molecule has 0 atom stereocenters. The van der Waals surface area contributed by atoms with Crippen molar-refractivity contribution in [1.82, 2.24) is 19.2 Å². The number of aliphatic carboxylic acids is 1. The number of aromatic amines is 2. The van der Waals surface area contributed by atoms with Gasteiger partial charge in [-0.25, -0.2) is 13.2 Å². The summed E-state index contributed by atoms with van der Waals surface area (Å²) in [5.74, 6) is -0.820. The molecule has 0 spiro atoms. The highest BCUT2D eigenvalue weighted by molar-refractivity contribution is 7.89. The summed E-state index contributed by atoms with van der Waals surface area (Å²) in [5, 5.41) is 8.66. The Bertz CT molecular complexity index is 925. The first-order chi connectivity index (χ1) is 11.9. The van der Waals surface area contributed by atoms with Crippen LogP contribution in [0.5, 0.6) is 0 Å². The maximum absolute atomic E-state index is 12.8. The molecular formula is C15H20N4O5S. The standard InChI is InChI=1S/C15H20N4O5S/c20-14(21)2-1-5-18-6-8-19(9-7-18)25(23,24)11-3-4-12-13(10-11)17-15(22)16-12/h3-4,10H,1-2,5-9H2,(H,20,21)(H2,16,17,22). The molecule has 1 saturated heterocycles. The van der Waals surface area contributed by atoms with Crippen LogP contribution in [0.25, 0.3) is 11.0 Å². The number of sulfonamides is 1. The minimum atomic E-state index is -3.62. The minimum absolute atomic E-state index is 0.118. The predicted octanol–water partition coefficient (Wildman–Crippen LogP) is 0.0273. The van der Waals surface area contributed by atoms with Crippen LogP contribution in [-0.4, -0.2) is 71.4 Å². The monoisotopic (exact) mass is 368 g/mol. The number of hydrogen-bond acceptors (Lipinski definition) is 5. The van der Waals surface area contributed by atoms with Gasteiger partial charge in [0.1, 0.15) is 0 Å². The van der Waals surface area contributed by atoms with Crippen LogP contribution in [0.3, 0.4) is 0 Å². The van der Waals surface area contributed by atoms with E-state index >= 15 is 0 Å². The smallest absolute Gasteiger partial charge is 0.323 e. The van der Waals surface area contributed by atoms with Crippen LogP contribution in [0.15, 0.2) is 27.9 Å². The molecule has 1 aliphatic rings. The second-order valence-corrected chi connectivity index (χ2v) is 7.97. The first-order valence-corrected chi connectivity index (χ1v) is 9.46. The van der Waals surface area contributed by atoms with Gasteiger partial charge in [-0.2, -0.15) is 4.31 Å². The predicted molar refractivity (Wildman–Crippen MR) is 91.0 cm³/mol. The van der Waals surface area contributed by atoms with Gasteiger partial charge in [0, 0.05) is 32.6 Å². The highest BCUT2D eigenvalue weighted by Gasteiger charge is 2.28. The first-order valence-electron chi connectivity index (χ1n) is 8.02. The van der Waals surface area contributed by atoms with E-state index in [2.05, 4.69) is 14.9 Å². The van der Waals surface area contributed by atoms with Gasteiger partial charge in [0.15, 0.2) is 0 Å². The second kappa shape index (κ2) is 6.98. The molecule has 2 heterocycles. The fourth-order valence-corrected chi connectivity index (χ4v) is 4.42. The number of H-pyrrole nitrogens is 2. The SMILES string of the molecule is O=C(O)CCCN1CCN(S(=O)(=O)c2ccc3[nH]c(=O)[nH]c3c2)CC1. The van der Waals surface area contributed by atoms with Crippen LogP contribution in [0, 0.1) is 0 Å². The van der Waals surface area contributed by atoms with Gasteiger partial charge in [0.05, 0.1) is 15.9 Å². The Hall–Kier alpha value is -2.17. The third-order valence-corrected chi connectivity index (χ3v) is 6.22. The number of carboxylic acid groups (broad SMARTS) is 1. The molecule has 3 N–H and O–H groups in total. The number of piperazine rings is 1. The Balaban J connectivity index is 1.66. The molecule has 0 radical (unpaired) electrons. The molecule has 25 heavy (non-hydrogen) atoms. The van der Waals surface area contributed by atoms with Gasteiger partial charge in [-0.05, 0) is 31.2 Å². The normalized spacial score (nSPS) is 17.1. The van der Waals surface area contributed by atoms with Crippen molar-refractivity contribution in [3.63, 3.8) is 0 Å². The highest BCUT2D eigenvalue weighted by atomic mass is 32.2. The lowest BCUT2D eigenvalue weighted by Crippen LogP contribution is -2.48. The molecule has 10 heteroatoms. The number of nitrogens with zero attached hydrogens (tertiary/aromatic N) is 2. The Morgan fingerprint density at radius 1 is 1.12 bits per heavy atom. The molecule has 1 aromatic heterocycles. The van der Waals surface area contributed by atoms with Gasteiger partial charge >= 0.3 is 11.7 Å². The Kier molecular flexibility index (Phi) is 4.93. The molecule has 2 aromatic rings. The molecule has 0 aliphatic carbocycles. The van der Waals surface area contributed by atoms with Crippen LogP contribution in [0.2, 0.25) is 0 Å². The zero-order valence-electron chi connectivity index (χ0n) is 13.6. The van der Waals surface area contributed by atoms with Crippen LogP contribution in [-0.2, 0) is 14.8 Å². The van der Waals surface area contributed by atoms with E-state index in [1.807, 2.05) is 0 Å². The van der Waals surface area contributed by atoms with E-state index in [0.717, 1.165) is 0 Å². The molecule has 9 nitrogen and oxygen atoms in total. The molecule has 0 amide bonds. The van der Waals surface area contributed by atoms with Crippen LogP contribution in [0.4, 0.5) is 0 Å². The Morgan fingerprint density at radius 3 is 2.48 bits per heavy atom. The van der Waals surface area contributed by atoms with E-state index in [1.54, 1.807) is 6.07 Å². The maximum atomic E-state index is 12.8. The summed E-state index contributed by atoms with van der Waals surface area (Å²) in [6.07, 6.45) is 0.674. The Labute approximate surface area is 144 Å². The number of carboxylic acids is 1. The number of benzene rings is 1. The van der Waals surface area contributed by atoms with Crippen molar-refractivity contribution in [3.8, 4) is 0 Å². The molecule has 136 valence electrons. The first kappa shape index (κ1) is 17.6. The summed E-state index contributed by atoms with van der Waals surface area (Å²) in [7, 11) is -3.62. The van der Waals surface area contributed by atoms with Crippen molar-refractivity contribution in [3.05, 3.63) is 28.7 Å². The zero-order valence-corrected chi connectivity index (χ0v) is 14.4. The number of aromatic nitrogens is 2. The van der Waals surface area contributed by atoms with E-state index in [-0.39, 0.29) is 17.0 Å². The molecule has 3 rings (SSSR count). The van der Waals surface area contributed by atoms with Crippen molar-refractivity contribution in [1.29, 1.82) is 0 Å². The zero-order chi connectivity index (χ0) is 18.0. The Morgan fingerprint density at radius 2 is 1.80 bits per heavy atom. The molecule has 1 aromatic carbocycles. The highest BCUT2D eigenvalue weighted by Crippen LogP contribution is 2.20. The van der Waals surface area contributed by atoms with Gasteiger partial charge in [0.2, 0.25) is 10.0 Å². The largest absolute Gasteiger partial charge is 0.481 e. The summed E-state index contributed by atoms with van der Waals surface area (Å²) in [5.41, 5.74) is 0.644. The topological polar surface area (TPSA) is 127 Å². The summed E-state index contributed by atoms with van der Waals surface area (Å²) < 4.78 is 27.0. The van der Waals surface area contributed by atoms with Crippen molar-refractivity contribution in [2.75, 3.05) is 32.7 Å². The van der Waals surface area contributed by atoms with Gasteiger partial charge < -0.3 is 20.0 Å². The molecule has 0 saturated carbocycles. The third-order valence-electron chi connectivity index (χ3n) is 4.32. The lowest BCUT2D eigenvalue weighted by atomic mass is 10.2. The van der Waals surface area contributed by atoms with E-state index in [4.69, 9.17) is 5.11 Å². The van der Waals surface area contributed by atoms with E-state index in [1.165, 1.54) is 16.4 Å². The average Bonchev–Trinajstić information content (AvgIpc) is 2.94. The van der Waals surface area contributed by atoms with Gasteiger partial charge in [-0.3, -0.25) is 4.79 Å². The van der Waals surface area contributed by atoms with Crippen LogP contribution < -0.4 is 5.69 Å². The summed E-state index contributed by atoms with van der Waals surface area (Å²) >= 11 is 0. The molecule has 0 bridgehead atoms. The molecule has 1 aliphatic heterocycles. The number of carbonyl (C=O) groups is 1. The molecule has 1 fully saturated rings. The van der Waals surface area contributed by atoms with E-state index in [0.29, 0.717) is 50.2 Å². The fourth-order valence-electron chi connectivity index (χ4n) is 2.97. The lowest BCUT2D eigenvalue weighted by molar-refractivity contribution is -0.137. The van der Waals surface area contributed by atoms with Crippen molar-refractivity contribution in [2.24, 2.45) is 0 Å². The van der Waals surface area contributed by atoms with Crippen LogP contribution >= 0.6 is 0 Å². The maximum Gasteiger partial charge on any atom is 0.323 e. The molecule has 0 unspecified atom stereocenters. The van der Waals surface area contributed by atoms with Gasteiger partial charge in [0.25, 0.3) is 0 Å². The fraction of sp³-hybridized carbons (Fsp3) is 0.467. The number of imidazole rings is 1. The van der Waals surface area contributed by atoms with Crippen molar-refractivity contribution < 1.29 is 18.3 Å². The minimum Gasteiger partial charge on any atom is -0.481 e. The van der Waals surface area contributed by atoms with E-state index in [9.17, 15) is 18.0 Å². The van der Waals surface area contributed by atoms with Crippen molar-refractivity contribution >= 4 is 27.0 Å². The van der Waals surface area contributed by atoms with Crippen molar-refractivity contribution in [2.45, 2.75) is 17.7 Å². The number of nitrogens with one attached hydrogen (secondary N) is 2. The number of rotatable bonds is 6. The third kappa shape index (κ3) is 3.91. The number of hydrogen-bond donors (Lipinski definition) is 3. The lowest BCUT2D eigenvalue weighted by Gasteiger charge is -2.33. The van der Waals surface area contributed by atoms with E-state index < -0.39 is 16.0 Å². The summed E-state index contributed by atoms with van der Waals surface area (Å²) in [6.45, 7) is 2.51. The number of fused-ring (bicyclic) bond motifs is 1. The molecular weight excluding hydrogens is 348 g/mol. The quantitative estimate of drug-likeness (QED) is 0.660. The summed E-state index contributed by atoms with van der Waals surface area (Å²) in [4.78, 5) is 29.2. The van der Waals surface area contributed by atoms with Gasteiger partial charge in [-0.15, -0.1) is 0 Å². The van der Waals surface area contributed by atoms with Crippen LogP contribution in [0.1, 0.15) is 12.8 Å². The second-order valence-electron chi connectivity index (χ2n) is 6.03.